The quantitative estimate of drug-likeness (QED) is 0.897. The van der Waals surface area contributed by atoms with E-state index in [4.69, 9.17) is 0 Å². The fourth-order valence-corrected chi connectivity index (χ4v) is 4.77. The number of thioether (sulfide) groups is 2. The Kier molecular flexibility index (Phi) is 6.54. The van der Waals surface area contributed by atoms with E-state index in [1.807, 2.05) is 18.5 Å². The monoisotopic (exact) mass is 296 g/mol. The molecule has 2 rings (SSSR count). The van der Waals surface area contributed by atoms with E-state index in [1.165, 1.54) is 35.0 Å². The maximum Gasteiger partial charge on any atom is 0.0341 e. The van der Waals surface area contributed by atoms with Crippen molar-refractivity contribution in [2.45, 2.75) is 32.4 Å². The van der Waals surface area contributed by atoms with Gasteiger partial charge in [-0.3, -0.25) is 4.98 Å². The normalized spacial score (nSPS) is 19.3. The molecule has 2 heterocycles. The summed E-state index contributed by atoms with van der Waals surface area (Å²) in [6, 6.07) is 5.31. The molecule has 1 N–H and O–H groups in total. The van der Waals surface area contributed by atoms with Gasteiger partial charge in [0, 0.05) is 47.5 Å². The molecule has 1 aliphatic heterocycles. The first-order valence-corrected chi connectivity index (χ1v) is 9.38. The van der Waals surface area contributed by atoms with Crippen LogP contribution in [0.3, 0.4) is 0 Å². The SMILES string of the molecule is CC(C)CC(NC1CSCCSC1)c1cccnc1. The number of pyridine rings is 1. The fourth-order valence-electron chi connectivity index (χ4n) is 2.35. The van der Waals surface area contributed by atoms with Gasteiger partial charge < -0.3 is 5.32 Å². The number of aromatic nitrogens is 1. The predicted octanol–water partition coefficient (Wildman–Crippen LogP) is 3.61. The van der Waals surface area contributed by atoms with Crippen LogP contribution in [-0.4, -0.2) is 34.0 Å². The van der Waals surface area contributed by atoms with Crippen molar-refractivity contribution in [2.75, 3.05) is 23.0 Å². The Morgan fingerprint density at radius 3 is 2.63 bits per heavy atom. The Labute approximate surface area is 125 Å². The average Bonchev–Trinajstić information content (AvgIpc) is 2.67. The molecule has 1 unspecified atom stereocenters. The second-order valence-electron chi connectivity index (χ2n) is 5.48. The first kappa shape index (κ1) is 15.2. The first-order valence-electron chi connectivity index (χ1n) is 7.07. The summed E-state index contributed by atoms with van der Waals surface area (Å²) in [4.78, 5) is 4.27. The van der Waals surface area contributed by atoms with E-state index in [1.54, 1.807) is 0 Å². The topological polar surface area (TPSA) is 24.9 Å². The van der Waals surface area contributed by atoms with E-state index in [9.17, 15) is 0 Å². The minimum atomic E-state index is 0.443. The van der Waals surface area contributed by atoms with Crippen molar-refractivity contribution in [3.8, 4) is 0 Å². The van der Waals surface area contributed by atoms with Crippen LogP contribution < -0.4 is 5.32 Å². The molecule has 4 heteroatoms. The summed E-state index contributed by atoms with van der Waals surface area (Å²) in [5.41, 5.74) is 1.33. The molecular formula is C15H24N2S2. The van der Waals surface area contributed by atoms with Crippen LogP contribution in [-0.2, 0) is 0 Å². The lowest BCUT2D eigenvalue weighted by atomic mass is 9.97. The predicted molar refractivity (Wildman–Crippen MR) is 88.0 cm³/mol. The van der Waals surface area contributed by atoms with Gasteiger partial charge in [0.2, 0.25) is 0 Å². The lowest BCUT2D eigenvalue weighted by Crippen LogP contribution is -2.37. The molecule has 0 aromatic carbocycles. The zero-order chi connectivity index (χ0) is 13.5. The number of nitrogens with one attached hydrogen (secondary N) is 1. The van der Waals surface area contributed by atoms with E-state index in [-0.39, 0.29) is 0 Å². The highest BCUT2D eigenvalue weighted by molar-refractivity contribution is 8.03. The molecule has 106 valence electrons. The highest BCUT2D eigenvalue weighted by atomic mass is 32.2. The lowest BCUT2D eigenvalue weighted by Gasteiger charge is -2.26. The molecule has 0 saturated carbocycles. The Morgan fingerprint density at radius 2 is 2.05 bits per heavy atom. The van der Waals surface area contributed by atoms with Crippen molar-refractivity contribution < 1.29 is 0 Å². The number of rotatable bonds is 5. The van der Waals surface area contributed by atoms with Crippen molar-refractivity contribution in [1.29, 1.82) is 0 Å². The molecule has 1 aliphatic rings. The molecule has 1 atom stereocenters. The van der Waals surface area contributed by atoms with Crippen LogP contribution in [0.5, 0.6) is 0 Å². The molecular weight excluding hydrogens is 272 g/mol. The summed E-state index contributed by atoms with van der Waals surface area (Å²) in [6.07, 6.45) is 5.04. The Bertz CT molecular complexity index is 348. The van der Waals surface area contributed by atoms with Crippen molar-refractivity contribution in [3.63, 3.8) is 0 Å². The van der Waals surface area contributed by atoms with Crippen LogP contribution >= 0.6 is 23.5 Å². The molecule has 1 fully saturated rings. The van der Waals surface area contributed by atoms with Crippen molar-refractivity contribution >= 4 is 23.5 Å². The minimum Gasteiger partial charge on any atom is -0.305 e. The summed E-state index contributed by atoms with van der Waals surface area (Å²) >= 11 is 4.16. The van der Waals surface area contributed by atoms with E-state index in [2.05, 4.69) is 53.7 Å². The largest absolute Gasteiger partial charge is 0.305 e. The summed E-state index contributed by atoms with van der Waals surface area (Å²) < 4.78 is 0. The smallest absolute Gasteiger partial charge is 0.0341 e. The highest BCUT2D eigenvalue weighted by Gasteiger charge is 2.19. The second-order valence-corrected chi connectivity index (χ2v) is 7.78. The lowest BCUT2D eigenvalue weighted by molar-refractivity contribution is 0.405. The van der Waals surface area contributed by atoms with Crippen molar-refractivity contribution in [3.05, 3.63) is 30.1 Å². The van der Waals surface area contributed by atoms with E-state index >= 15 is 0 Å². The van der Waals surface area contributed by atoms with Crippen LogP contribution in [0.1, 0.15) is 31.9 Å². The van der Waals surface area contributed by atoms with E-state index in [0.29, 0.717) is 18.0 Å². The van der Waals surface area contributed by atoms with Crippen LogP contribution in [0.15, 0.2) is 24.5 Å². The van der Waals surface area contributed by atoms with Gasteiger partial charge in [0.25, 0.3) is 0 Å². The van der Waals surface area contributed by atoms with Crippen LogP contribution in [0.25, 0.3) is 0 Å². The Morgan fingerprint density at radius 1 is 1.32 bits per heavy atom. The molecule has 0 radical (unpaired) electrons. The van der Waals surface area contributed by atoms with Gasteiger partial charge in [0.15, 0.2) is 0 Å². The molecule has 2 nitrogen and oxygen atoms in total. The van der Waals surface area contributed by atoms with E-state index in [0.717, 1.165) is 0 Å². The van der Waals surface area contributed by atoms with Gasteiger partial charge in [-0.25, -0.2) is 0 Å². The first-order chi connectivity index (χ1) is 9.25. The molecule has 1 aromatic rings. The minimum absolute atomic E-state index is 0.443. The average molecular weight is 297 g/mol. The zero-order valence-corrected chi connectivity index (χ0v) is 13.5. The number of hydrogen-bond acceptors (Lipinski definition) is 4. The second kappa shape index (κ2) is 8.18. The van der Waals surface area contributed by atoms with Gasteiger partial charge >= 0.3 is 0 Å². The van der Waals surface area contributed by atoms with Gasteiger partial charge in [-0.05, 0) is 24.0 Å². The maximum absolute atomic E-state index is 4.27. The van der Waals surface area contributed by atoms with Crippen LogP contribution in [0.2, 0.25) is 0 Å². The maximum atomic E-state index is 4.27. The third-order valence-corrected chi connectivity index (χ3v) is 5.76. The van der Waals surface area contributed by atoms with E-state index < -0.39 is 0 Å². The number of nitrogens with zero attached hydrogens (tertiary/aromatic N) is 1. The molecule has 0 bridgehead atoms. The third kappa shape index (κ3) is 5.36. The van der Waals surface area contributed by atoms with Gasteiger partial charge in [0.1, 0.15) is 0 Å². The summed E-state index contributed by atoms with van der Waals surface area (Å²) in [6.45, 7) is 4.59. The zero-order valence-electron chi connectivity index (χ0n) is 11.8. The van der Waals surface area contributed by atoms with Gasteiger partial charge in [-0.1, -0.05) is 19.9 Å². The van der Waals surface area contributed by atoms with Crippen LogP contribution in [0, 0.1) is 5.92 Å². The third-order valence-electron chi connectivity index (χ3n) is 3.24. The van der Waals surface area contributed by atoms with Crippen molar-refractivity contribution in [2.24, 2.45) is 5.92 Å². The summed E-state index contributed by atoms with van der Waals surface area (Å²) in [5, 5.41) is 3.86. The van der Waals surface area contributed by atoms with Gasteiger partial charge in [-0.2, -0.15) is 23.5 Å². The van der Waals surface area contributed by atoms with Gasteiger partial charge in [0.05, 0.1) is 0 Å². The molecule has 19 heavy (non-hydrogen) atoms. The van der Waals surface area contributed by atoms with Gasteiger partial charge in [-0.15, -0.1) is 0 Å². The summed E-state index contributed by atoms with van der Waals surface area (Å²) in [5.74, 6) is 5.77. The molecule has 0 amide bonds. The highest BCUT2D eigenvalue weighted by Crippen LogP contribution is 2.24. The fraction of sp³-hybridized carbons (Fsp3) is 0.667. The summed E-state index contributed by atoms with van der Waals surface area (Å²) in [7, 11) is 0. The molecule has 0 aliphatic carbocycles. The standard InChI is InChI=1S/C15H24N2S2/c1-12(2)8-15(13-4-3-5-16-9-13)17-14-10-18-6-7-19-11-14/h3-5,9,12,14-15,17H,6-8,10-11H2,1-2H3. The molecule has 0 spiro atoms. The molecule has 1 aromatic heterocycles. The number of hydrogen-bond donors (Lipinski definition) is 1. The van der Waals surface area contributed by atoms with Crippen LogP contribution in [0.4, 0.5) is 0 Å². The molecule has 1 saturated heterocycles. The Hall–Kier alpha value is -0.190. The van der Waals surface area contributed by atoms with Crippen molar-refractivity contribution in [1.82, 2.24) is 10.3 Å². The Balaban J connectivity index is 2.00.